The summed E-state index contributed by atoms with van der Waals surface area (Å²) in [6, 6.07) is 6.03. The van der Waals surface area contributed by atoms with Crippen molar-refractivity contribution in [2.24, 2.45) is 4.99 Å². The van der Waals surface area contributed by atoms with Gasteiger partial charge in [0.2, 0.25) is 5.89 Å². The Kier molecular flexibility index (Phi) is 8.07. The molecule has 0 spiro atoms. The predicted octanol–water partition coefficient (Wildman–Crippen LogP) is 1.72. The van der Waals surface area contributed by atoms with Crippen molar-refractivity contribution in [1.82, 2.24) is 25.3 Å². The number of piperazine rings is 1. The SMILES string of the molecule is CCNC(=NCCc1nc(C)no1)N1CCN(c2ccccn2)CC1.I. The number of hydrogen-bond acceptors (Lipinski definition) is 6. The normalized spacial score (nSPS) is 14.9. The molecule has 0 amide bonds. The van der Waals surface area contributed by atoms with E-state index in [0.717, 1.165) is 44.5 Å². The second-order valence-corrected chi connectivity index (χ2v) is 5.88. The standard InChI is InChI=1S/C17H25N7O.HI/c1-3-18-17(20-9-7-16-21-14(2)22-25-16)24-12-10-23(11-13-24)15-6-4-5-8-19-15;/h4-6,8H,3,7,9-13H2,1-2H3,(H,18,20);1H. The topological polar surface area (TPSA) is 82.7 Å². The van der Waals surface area contributed by atoms with E-state index in [0.29, 0.717) is 24.7 Å². The zero-order valence-electron chi connectivity index (χ0n) is 15.3. The van der Waals surface area contributed by atoms with Gasteiger partial charge in [-0.25, -0.2) is 4.98 Å². The van der Waals surface area contributed by atoms with E-state index in [2.05, 4.69) is 43.2 Å². The van der Waals surface area contributed by atoms with Crippen LogP contribution in [0.15, 0.2) is 33.9 Å². The molecule has 0 aromatic carbocycles. The van der Waals surface area contributed by atoms with Crippen LogP contribution >= 0.6 is 24.0 Å². The van der Waals surface area contributed by atoms with Crippen LogP contribution in [-0.2, 0) is 6.42 Å². The van der Waals surface area contributed by atoms with Crippen LogP contribution in [0.1, 0.15) is 18.6 Å². The highest BCUT2D eigenvalue weighted by molar-refractivity contribution is 14.0. The molecule has 8 nitrogen and oxygen atoms in total. The van der Waals surface area contributed by atoms with Crippen molar-refractivity contribution in [3.63, 3.8) is 0 Å². The summed E-state index contributed by atoms with van der Waals surface area (Å²) in [6.45, 7) is 9.09. The molecule has 1 fully saturated rings. The Bertz CT molecular complexity index is 683. The van der Waals surface area contributed by atoms with E-state index in [-0.39, 0.29) is 24.0 Å². The fraction of sp³-hybridized carbons (Fsp3) is 0.529. The summed E-state index contributed by atoms with van der Waals surface area (Å²) in [5.74, 6) is 3.28. The molecule has 26 heavy (non-hydrogen) atoms. The Morgan fingerprint density at radius 3 is 2.69 bits per heavy atom. The third kappa shape index (κ3) is 5.55. The maximum absolute atomic E-state index is 5.14. The van der Waals surface area contributed by atoms with E-state index < -0.39 is 0 Å². The summed E-state index contributed by atoms with van der Waals surface area (Å²) in [5.41, 5.74) is 0. The number of aliphatic imine (C=N–C) groups is 1. The Hall–Kier alpha value is -1.91. The van der Waals surface area contributed by atoms with Gasteiger partial charge in [-0.2, -0.15) is 4.98 Å². The van der Waals surface area contributed by atoms with Crippen LogP contribution in [-0.4, -0.2) is 65.3 Å². The lowest BCUT2D eigenvalue weighted by Gasteiger charge is -2.37. The lowest BCUT2D eigenvalue weighted by molar-refractivity contribution is 0.367. The smallest absolute Gasteiger partial charge is 0.228 e. The molecule has 1 saturated heterocycles. The van der Waals surface area contributed by atoms with Gasteiger partial charge in [0, 0.05) is 45.3 Å². The van der Waals surface area contributed by atoms with Gasteiger partial charge in [-0.15, -0.1) is 24.0 Å². The van der Waals surface area contributed by atoms with E-state index in [1.54, 1.807) is 0 Å². The van der Waals surface area contributed by atoms with E-state index in [1.165, 1.54) is 0 Å². The average Bonchev–Trinajstić information content (AvgIpc) is 3.07. The fourth-order valence-corrected chi connectivity index (χ4v) is 2.81. The Morgan fingerprint density at radius 1 is 1.27 bits per heavy atom. The number of guanidine groups is 1. The number of nitrogens with one attached hydrogen (secondary N) is 1. The van der Waals surface area contributed by atoms with Gasteiger partial charge in [0.1, 0.15) is 5.82 Å². The maximum Gasteiger partial charge on any atom is 0.228 e. The van der Waals surface area contributed by atoms with E-state index in [4.69, 9.17) is 9.52 Å². The Labute approximate surface area is 171 Å². The molecule has 3 rings (SSSR count). The number of pyridine rings is 1. The molecule has 142 valence electrons. The zero-order valence-corrected chi connectivity index (χ0v) is 17.6. The van der Waals surface area contributed by atoms with Gasteiger partial charge >= 0.3 is 0 Å². The first-order valence-corrected chi connectivity index (χ1v) is 8.74. The first kappa shape index (κ1) is 20.4. The number of rotatable bonds is 5. The number of aromatic nitrogens is 3. The van der Waals surface area contributed by atoms with Crippen molar-refractivity contribution >= 4 is 35.8 Å². The molecule has 1 aliphatic rings. The lowest BCUT2D eigenvalue weighted by atomic mass is 10.3. The largest absolute Gasteiger partial charge is 0.357 e. The average molecular weight is 471 g/mol. The third-order valence-corrected chi connectivity index (χ3v) is 4.04. The van der Waals surface area contributed by atoms with E-state index >= 15 is 0 Å². The minimum Gasteiger partial charge on any atom is -0.357 e. The quantitative estimate of drug-likeness (QED) is 0.404. The summed E-state index contributed by atoms with van der Waals surface area (Å²) < 4.78 is 5.14. The van der Waals surface area contributed by atoms with Crippen molar-refractivity contribution in [2.45, 2.75) is 20.3 Å². The first-order chi connectivity index (χ1) is 12.3. The molecule has 1 N–H and O–H groups in total. The number of halogens is 1. The van der Waals surface area contributed by atoms with E-state index in [9.17, 15) is 0 Å². The van der Waals surface area contributed by atoms with Gasteiger partial charge in [-0.3, -0.25) is 4.99 Å². The monoisotopic (exact) mass is 471 g/mol. The number of nitrogens with zero attached hydrogens (tertiary/aromatic N) is 6. The van der Waals surface area contributed by atoms with Crippen LogP contribution in [0.3, 0.4) is 0 Å². The van der Waals surface area contributed by atoms with E-state index in [1.807, 2.05) is 25.3 Å². The molecule has 0 aliphatic carbocycles. The second kappa shape index (κ2) is 10.3. The van der Waals surface area contributed by atoms with Crippen LogP contribution in [0.2, 0.25) is 0 Å². The van der Waals surface area contributed by atoms with Crippen molar-refractivity contribution in [2.75, 3.05) is 44.2 Å². The van der Waals surface area contributed by atoms with Gasteiger partial charge in [-0.05, 0) is 26.0 Å². The first-order valence-electron chi connectivity index (χ1n) is 8.74. The minimum absolute atomic E-state index is 0. The molecular weight excluding hydrogens is 445 g/mol. The summed E-state index contributed by atoms with van der Waals surface area (Å²) in [4.78, 5) is 18.0. The maximum atomic E-state index is 5.14. The number of aryl methyl sites for hydroxylation is 1. The van der Waals surface area contributed by atoms with Crippen LogP contribution in [0.5, 0.6) is 0 Å². The molecule has 0 saturated carbocycles. The van der Waals surface area contributed by atoms with Crippen LogP contribution < -0.4 is 10.2 Å². The highest BCUT2D eigenvalue weighted by atomic mass is 127. The lowest BCUT2D eigenvalue weighted by Crippen LogP contribution is -2.52. The Balaban J connectivity index is 0.00000243. The summed E-state index contributed by atoms with van der Waals surface area (Å²) in [6.07, 6.45) is 2.50. The van der Waals surface area contributed by atoms with Gasteiger partial charge in [-0.1, -0.05) is 11.2 Å². The molecule has 0 unspecified atom stereocenters. The fourth-order valence-electron chi connectivity index (χ4n) is 2.81. The molecule has 2 aromatic rings. The molecule has 3 heterocycles. The van der Waals surface area contributed by atoms with Gasteiger partial charge in [0.15, 0.2) is 11.8 Å². The van der Waals surface area contributed by atoms with Crippen molar-refractivity contribution in [1.29, 1.82) is 0 Å². The molecular formula is C17H26IN7O. The second-order valence-electron chi connectivity index (χ2n) is 5.88. The summed E-state index contributed by atoms with van der Waals surface area (Å²) in [7, 11) is 0. The zero-order chi connectivity index (χ0) is 17.5. The molecule has 1 aliphatic heterocycles. The molecule has 0 atom stereocenters. The molecule has 2 aromatic heterocycles. The Morgan fingerprint density at radius 2 is 2.08 bits per heavy atom. The highest BCUT2D eigenvalue weighted by Crippen LogP contribution is 2.12. The van der Waals surface area contributed by atoms with Crippen molar-refractivity contribution < 1.29 is 4.52 Å². The molecule has 0 bridgehead atoms. The van der Waals surface area contributed by atoms with Crippen LogP contribution in [0, 0.1) is 6.92 Å². The van der Waals surface area contributed by atoms with Crippen LogP contribution in [0.4, 0.5) is 5.82 Å². The van der Waals surface area contributed by atoms with Crippen molar-refractivity contribution in [3.8, 4) is 0 Å². The summed E-state index contributed by atoms with van der Waals surface area (Å²) in [5, 5.41) is 7.18. The predicted molar refractivity (Wildman–Crippen MR) is 112 cm³/mol. The summed E-state index contributed by atoms with van der Waals surface area (Å²) >= 11 is 0. The number of hydrogen-bond donors (Lipinski definition) is 1. The van der Waals surface area contributed by atoms with Gasteiger partial charge in [0.25, 0.3) is 0 Å². The van der Waals surface area contributed by atoms with Crippen molar-refractivity contribution in [3.05, 3.63) is 36.1 Å². The third-order valence-electron chi connectivity index (χ3n) is 4.04. The number of anilines is 1. The highest BCUT2D eigenvalue weighted by Gasteiger charge is 2.20. The minimum atomic E-state index is 0. The van der Waals surface area contributed by atoms with Gasteiger partial charge in [0.05, 0.1) is 6.54 Å². The molecule has 0 radical (unpaired) electrons. The van der Waals surface area contributed by atoms with Crippen LogP contribution in [0.25, 0.3) is 0 Å². The molecule has 9 heteroatoms. The van der Waals surface area contributed by atoms with Gasteiger partial charge < -0.3 is 19.6 Å².